The third-order valence-electron chi connectivity index (χ3n) is 6.47. The molecule has 0 aliphatic carbocycles. The number of pyridine rings is 2. The van der Waals surface area contributed by atoms with Crippen molar-refractivity contribution in [2.75, 3.05) is 30.3 Å². The third-order valence-corrected chi connectivity index (χ3v) is 6.47. The van der Waals surface area contributed by atoms with Crippen molar-refractivity contribution in [2.45, 2.75) is 32.0 Å². The van der Waals surface area contributed by atoms with Crippen LogP contribution in [-0.2, 0) is 6.18 Å². The van der Waals surface area contributed by atoms with Crippen LogP contribution in [-0.4, -0.2) is 62.7 Å². The number of ether oxygens (including phenoxy) is 1. The zero-order chi connectivity index (χ0) is 29.0. The Morgan fingerprint density at radius 3 is 2.66 bits per heavy atom. The van der Waals surface area contributed by atoms with Crippen LogP contribution in [0.25, 0.3) is 11.0 Å². The summed E-state index contributed by atoms with van der Waals surface area (Å²) in [4.78, 5) is 34.8. The van der Waals surface area contributed by atoms with Gasteiger partial charge in [-0.15, -0.1) is 0 Å². The number of nitrogens with one attached hydrogen (secondary N) is 4. The smallest absolute Gasteiger partial charge is 0.416 e. The van der Waals surface area contributed by atoms with E-state index in [1.165, 1.54) is 12.1 Å². The Morgan fingerprint density at radius 2 is 1.90 bits per heavy atom. The summed E-state index contributed by atoms with van der Waals surface area (Å²) < 4.78 is 45.0. The van der Waals surface area contributed by atoms with Crippen LogP contribution in [0.15, 0.2) is 54.9 Å². The standard InChI is InChI=1S/C27H27F3N8O3/c1-2-31-26(40)38-13-3-4-18(15-38)34-24-22-20(10-12-33-23(22)36-37-24)41-19-7-5-16(6-8-19)25(39)35-21-14-17(9-11-32-21)27(28,29)30/h5-12,14,18H,2-4,13,15H2,1H3,(H,31,40)(H,32,35,39)(H2,33,34,36,37)/t18-/m1/s1. The highest BCUT2D eigenvalue weighted by Gasteiger charge is 2.31. The van der Waals surface area contributed by atoms with Crippen molar-refractivity contribution in [1.29, 1.82) is 0 Å². The number of aromatic nitrogens is 4. The number of likely N-dealkylation sites (tertiary alicyclic amines) is 1. The first-order valence-corrected chi connectivity index (χ1v) is 13.0. The van der Waals surface area contributed by atoms with Gasteiger partial charge in [-0.2, -0.15) is 18.3 Å². The van der Waals surface area contributed by atoms with Crippen molar-refractivity contribution >= 4 is 34.6 Å². The van der Waals surface area contributed by atoms with Crippen LogP contribution in [0.4, 0.5) is 29.6 Å². The number of amides is 3. The number of aromatic amines is 1. The molecule has 0 spiro atoms. The number of urea groups is 1. The first-order chi connectivity index (χ1) is 19.7. The lowest BCUT2D eigenvalue weighted by molar-refractivity contribution is -0.137. The second-order valence-electron chi connectivity index (χ2n) is 9.38. The lowest BCUT2D eigenvalue weighted by atomic mass is 10.1. The molecule has 3 amide bonds. The Hall–Kier alpha value is -4.88. The first-order valence-electron chi connectivity index (χ1n) is 13.0. The number of halogens is 3. The molecule has 1 fully saturated rings. The molecule has 14 heteroatoms. The van der Waals surface area contributed by atoms with E-state index in [0.717, 1.165) is 31.2 Å². The maximum absolute atomic E-state index is 13.0. The molecule has 5 rings (SSSR count). The molecule has 1 saturated heterocycles. The molecule has 3 aromatic heterocycles. The predicted octanol–water partition coefficient (Wildman–Crippen LogP) is 5.02. The first kappa shape index (κ1) is 27.7. The Balaban J connectivity index is 1.28. The van der Waals surface area contributed by atoms with E-state index in [9.17, 15) is 22.8 Å². The van der Waals surface area contributed by atoms with Gasteiger partial charge >= 0.3 is 12.2 Å². The van der Waals surface area contributed by atoms with E-state index in [1.807, 2.05) is 6.92 Å². The summed E-state index contributed by atoms with van der Waals surface area (Å²) >= 11 is 0. The Bertz CT molecular complexity index is 1540. The van der Waals surface area contributed by atoms with Crippen LogP contribution >= 0.6 is 0 Å². The lowest BCUT2D eigenvalue weighted by Gasteiger charge is -2.33. The number of piperidine rings is 1. The second-order valence-corrected chi connectivity index (χ2v) is 9.38. The summed E-state index contributed by atoms with van der Waals surface area (Å²) in [6.07, 6.45) is -0.285. The Labute approximate surface area is 232 Å². The molecule has 41 heavy (non-hydrogen) atoms. The maximum atomic E-state index is 13.0. The van der Waals surface area contributed by atoms with Crippen LogP contribution in [0.5, 0.6) is 11.5 Å². The topological polar surface area (TPSA) is 137 Å². The number of benzene rings is 1. The summed E-state index contributed by atoms with van der Waals surface area (Å²) in [6.45, 7) is 3.65. The van der Waals surface area contributed by atoms with Gasteiger partial charge in [0.1, 0.15) is 22.7 Å². The molecule has 0 unspecified atom stereocenters. The zero-order valence-corrected chi connectivity index (χ0v) is 22.0. The van der Waals surface area contributed by atoms with Gasteiger partial charge in [-0.3, -0.25) is 9.89 Å². The maximum Gasteiger partial charge on any atom is 0.416 e. The van der Waals surface area contributed by atoms with Gasteiger partial charge in [0.25, 0.3) is 5.91 Å². The summed E-state index contributed by atoms with van der Waals surface area (Å²) in [6, 6.07) is 9.28. The van der Waals surface area contributed by atoms with Gasteiger partial charge in [0.05, 0.1) is 5.56 Å². The molecule has 4 aromatic rings. The van der Waals surface area contributed by atoms with Crippen LogP contribution in [0.3, 0.4) is 0 Å². The highest BCUT2D eigenvalue weighted by Crippen LogP contribution is 2.34. The van der Waals surface area contributed by atoms with Crippen LogP contribution in [0.1, 0.15) is 35.7 Å². The zero-order valence-electron chi connectivity index (χ0n) is 22.0. The molecule has 0 bridgehead atoms. The number of carbonyl (C=O) groups excluding carboxylic acids is 2. The Kier molecular flexibility index (Phi) is 7.90. The SMILES string of the molecule is CCNC(=O)N1CCC[C@@H](Nc2n[nH]c3nccc(Oc4ccc(C(=O)Nc5cc(C(F)(F)F)ccn5)cc4)c23)C1. The molecule has 1 aromatic carbocycles. The quantitative estimate of drug-likeness (QED) is 0.246. The highest BCUT2D eigenvalue weighted by molar-refractivity contribution is 6.03. The van der Waals surface area contributed by atoms with Crippen molar-refractivity contribution in [3.05, 3.63) is 66.0 Å². The summed E-state index contributed by atoms with van der Waals surface area (Å²) in [7, 11) is 0. The minimum absolute atomic E-state index is 0.0185. The average Bonchev–Trinajstić information content (AvgIpc) is 3.37. The van der Waals surface area contributed by atoms with E-state index in [2.05, 4.69) is 36.1 Å². The second kappa shape index (κ2) is 11.7. The van der Waals surface area contributed by atoms with Gasteiger partial charge < -0.3 is 25.6 Å². The fourth-order valence-corrected chi connectivity index (χ4v) is 4.51. The van der Waals surface area contributed by atoms with E-state index in [-0.39, 0.29) is 23.5 Å². The molecule has 1 aliphatic rings. The molecule has 0 radical (unpaired) electrons. The van der Waals surface area contributed by atoms with Crippen LogP contribution in [0.2, 0.25) is 0 Å². The molecule has 4 heterocycles. The van der Waals surface area contributed by atoms with Gasteiger partial charge in [0, 0.05) is 49.7 Å². The van der Waals surface area contributed by atoms with E-state index >= 15 is 0 Å². The van der Waals surface area contributed by atoms with Gasteiger partial charge in [-0.05, 0) is 56.2 Å². The van der Waals surface area contributed by atoms with Gasteiger partial charge in [-0.1, -0.05) is 0 Å². The minimum atomic E-state index is -4.55. The summed E-state index contributed by atoms with van der Waals surface area (Å²) in [5.74, 6) is 0.587. The van der Waals surface area contributed by atoms with Crippen molar-refractivity contribution in [1.82, 2.24) is 30.4 Å². The molecular weight excluding hydrogens is 541 g/mol. The molecule has 1 atom stereocenters. The molecular formula is C27H27F3N8O3. The molecule has 4 N–H and O–H groups in total. The lowest BCUT2D eigenvalue weighted by Crippen LogP contribution is -2.49. The third kappa shape index (κ3) is 6.48. The van der Waals surface area contributed by atoms with Gasteiger partial charge in [0.2, 0.25) is 0 Å². The van der Waals surface area contributed by atoms with E-state index < -0.39 is 17.6 Å². The fourth-order valence-electron chi connectivity index (χ4n) is 4.51. The number of fused-ring (bicyclic) bond motifs is 1. The molecule has 214 valence electrons. The summed E-state index contributed by atoms with van der Waals surface area (Å²) in [5.41, 5.74) is -0.201. The van der Waals surface area contributed by atoms with Crippen molar-refractivity contribution in [3.8, 4) is 11.5 Å². The fraction of sp³-hybridized carbons (Fsp3) is 0.296. The predicted molar refractivity (Wildman–Crippen MR) is 145 cm³/mol. The number of alkyl halides is 3. The number of carbonyl (C=O) groups is 2. The van der Waals surface area contributed by atoms with Crippen molar-refractivity contribution in [2.24, 2.45) is 0 Å². The van der Waals surface area contributed by atoms with Crippen LogP contribution in [0, 0.1) is 0 Å². The monoisotopic (exact) mass is 568 g/mol. The molecule has 1 aliphatic heterocycles. The van der Waals surface area contributed by atoms with E-state index in [0.29, 0.717) is 48.0 Å². The molecule has 0 saturated carbocycles. The number of H-pyrrole nitrogens is 1. The van der Waals surface area contributed by atoms with Crippen molar-refractivity contribution in [3.63, 3.8) is 0 Å². The van der Waals surface area contributed by atoms with Crippen molar-refractivity contribution < 1.29 is 27.5 Å². The highest BCUT2D eigenvalue weighted by atomic mass is 19.4. The number of hydrogen-bond acceptors (Lipinski definition) is 7. The number of anilines is 2. The minimum Gasteiger partial charge on any atom is -0.456 e. The number of nitrogens with zero attached hydrogens (tertiary/aromatic N) is 4. The van der Waals surface area contributed by atoms with Crippen LogP contribution < -0.4 is 20.7 Å². The van der Waals surface area contributed by atoms with Gasteiger partial charge in [-0.25, -0.2) is 14.8 Å². The summed E-state index contributed by atoms with van der Waals surface area (Å²) in [5, 5.41) is 16.5. The number of rotatable bonds is 7. The van der Waals surface area contributed by atoms with Gasteiger partial charge in [0.15, 0.2) is 11.5 Å². The largest absolute Gasteiger partial charge is 0.456 e. The average molecular weight is 569 g/mol. The normalized spacial score (nSPS) is 15.4. The van der Waals surface area contributed by atoms with E-state index in [1.54, 1.807) is 29.3 Å². The molecule has 11 nitrogen and oxygen atoms in total. The Morgan fingerprint density at radius 1 is 1.12 bits per heavy atom. The number of hydrogen-bond donors (Lipinski definition) is 4. The van der Waals surface area contributed by atoms with E-state index in [4.69, 9.17) is 4.74 Å².